The molecule has 6 aromatic heterocycles. The molecule has 2 aliphatic carbocycles. The smallest absolute Gasteiger partial charge is 0.163 e. The Balaban J connectivity index is 0.000000150. The van der Waals surface area contributed by atoms with Crippen molar-refractivity contribution in [3.63, 3.8) is 0 Å². The van der Waals surface area contributed by atoms with Crippen LogP contribution < -0.4 is 0 Å². The van der Waals surface area contributed by atoms with Crippen LogP contribution in [0.3, 0.4) is 0 Å². The van der Waals surface area contributed by atoms with E-state index in [1.807, 2.05) is 54.6 Å². The summed E-state index contributed by atoms with van der Waals surface area (Å²) in [5.74, 6) is -0.491. The van der Waals surface area contributed by atoms with Gasteiger partial charge in [-0.25, -0.2) is 28.1 Å². The quantitative estimate of drug-likeness (QED) is 0.126. The Morgan fingerprint density at radius 1 is 0.655 bits per heavy atom. The number of rotatable bonds is 5. The van der Waals surface area contributed by atoms with Crippen molar-refractivity contribution in [1.29, 1.82) is 0 Å². The summed E-state index contributed by atoms with van der Waals surface area (Å²) in [5.41, 5.74) is 8.82. The van der Waals surface area contributed by atoms with Crippen LogP contribution in [0, 0.1) is 11.6 Å². The summed E-state index contributed by atoms with van der Waals surface area (Å²) in [7, 11) is 0. The van der Waals surface area contributed by atoms with E-state index in [9.17, 15) is 18.4 Å². The monoisotopic (exact) mass is 770 g/mol. The molecule has 0 spiro atoms. The lowest BCUT2D eigenvalue weighted by molar-refractivity contribution is -0.120. The van der Waals surface area contributed by atoms with Gasteiger partial charge in [0.15, 0.2) is 17.1 Å². The lowest BCUT2D eigenvalue weighted by atomic mass is 9.89. The van der Waals surface area contributed by atoms with Crippen LogP contribution in [0.1, 0.15) is 65.5 Å². The lowest BCUT2D eigenvalue weighted by Gasteiger charge is -2.16. The van der Waals surface area contributed by atoms with Crippen molar-refractivity contribution < 1.29 is 18.4 Å². The number of hydrogen-bond donors (Lipinski definition) is 0. The first-order valence-electron chi connectivity index (χ1n) is 19.2. The van der Waals surface area contributed by atoms with E-state index in [1.54, 1.807) is 58.4 Å². The second kappa shape index (κ2) is 15.8. The van der Waals surface area contributed by atoms with Gasteiger partial charge < -0.3 is 0 Å². The van der Waals surface area contributed by atoms with E-state index < -0.39 is 0 Å². The Kier molecular flexibility index (Phi) is 9.97. The molecule has 2 aliphatic rings. The molecular formula is C46H36F2N8O2. The highest BCUT2D eigenvalue weighted by Crippen LogP contribution is 2.34. The Bertz CT molecular complexity index is 2820. The molecule has 58 heavy (non-hydrogen) atoms. The molecule has 2 aromatic carbocycles. The number of aryl methyl sites for hydroxylation is 2. The molecular weight excluding hydrogens is 735 g/mol. The van der Waals surface area contributed by atoms with Crippen molar-refractivity contribution in [2.45, 2.75) is 50.9 Å². The normalized spacial score (nSPS) is 16.0. The molecule has 0 N–H and O–H groups in total. The zero-order valence-corrected chi connectivity index (χ0v) is 31.3. The summed E-state index contributed by atoms with van der Waals surface area (Å²) in [5, 5.41) is 10.6. The topological polar surface area (TPSA) is 121 Å². The van der Waals surface area contributed by atoms with Gasteiger partial charge in [-0.3, -0.25) is 19.6 Å². The molecule has 0 bridgehead atoms. The van der Waals surface area contributed by atoms with Crippen molar-refractivity contribution in [2.75, 3.05) is 0 Å². The summed E-state index contributed by atoms with van der Waals surface area (Å²) in [6.45, 7) is 0. The van der Waals surface area contributed by atoms with Gasteiger partial charge in [0.1, 0.15) is 17.4 Å². The SMILES string of the molecule is O=C1CCCc2nc3c(cnn3-c3ccc(F)cc3)cc2/C1=C\c1ccccn1.O=C1CCCc2nc3c(cnn3-c3ccc(F)cc3)cc2C1Cc1ccccn1. The van der Waals surface area contributed by atoms with E-state index in [4.69, 9.17) is 9.97 Å². The molecule has 0 aliphatic heterocycles. The van der Waals surface area contributed by atoms with Crippen LogP contribution in [0.4, 0.5) is 8.78 Å². The number of benzene rings is 2. The van der Waals surface area contributed by atoms with Crippen LogP contribution in [-0.2, 0) is 28.9 Å². The first kappa shape index (κ1) is 36.6. The Morgan fingerprint density at radius 2 is 1.26 bits per heavy atom. The average Bonchev–Trinajstić information content (AvgIpc) is 3.78. The highest BCUT2D eigenvalue weighted by atomic mass is 19.1. The Morgan fingerprint density at radius 3 is 1.90 bits per heavy atom. The van der Waals surface area contributed by atoms with Gasteiger partial charge in [0.25, 0.3) is 0 Å². The number of carbonyl (C=O) groups is 2. The molecule has 0 radical (unpaired) electrons. The van der Waals surface area contributed by atoms with Crippen LogP contribution in [0.15, 0.2) is 122 Å². The first-order chi connectivity index (χ1) is 28.4. The molecule has 10 nitrogen and oxygen atoms in total. The van der Waals surface area contributed by atoms with Crippen LogP contribution in [0.25, 0.3) is 45.1 Å². The minimum atomic E-state index is -0.296. The zero-order valence-electron chi connectivity index (χ0n) is 31.3. The van der Waals surface area contributed by atoms with E-state index in [2.05, 4.69) is 20.2 Å². The fraction of sp³-hybridized carbons (Fsp3) is 0.174. The van der Waals surface area contributed by atoms with E-state index in [1.165, 1.54) is 24.3 Å². The second-order valence-corrected chi connectivity index (χ2v) is 14.4. The summed E-state index contributed by atoms with van der Waals surface area (Å²) in [6, 6.07) is 27.7. The van der Waals surface area contributed by atoms with Crippen LogP contribution in [-0.4, -0.2) is 51.1 Å². The number of aromatic nitrogens is 8. The fourth-order valence-corrected chi connectivity index (χ4v) is 7.67. The van der Waals surface area contributed by atoms with Crippen molar-refractivity contribution >= 4 is 45.3 Å². The lowest BCUT2D eigenvalue weighted by Crippen LogP contribution is -2.15. The average molecular weight is 771 g/mol. The number of carbonyl (C=O) groups excluding carboxylic acids is 2. The number of allylic oxidation sites excluding steroid dienone is 1. The first-order valence-corrected chi connectivity index (χ1v) is 19.2. The van der Waals surface area contributed by atoms with Crippen molar-refractivity contribution in [2.24, 2.45) is 0 Å². The highest BCUT2D eigenvalue weighted by molar-refractivity contribution is 6.26. The molecule has 1 unspecified atom stereocenters. The number of pyridine rings is 4. The standard InChI is InChI=1S/C23H19FN4O.C23H17FN4O/c2*24-16-7-9-18(10-8-16)28-23-15(14-26-28)12-19-20(13-17-4-1-2-11-25-17)22(29)6-3-5-21(19)27-23/h1-2,4,7-12,14,20H,3,5-6,13H2;1-2,4,7-14H,3,5-6H2/b;20-13+. The number of halogens is 2. The van der Waals surface area contributed by atoms with Gasteiger partial charge in [0, 0.05) is 65.0 Å². The van der Waals surface area contributed by atoms with Gasteiger partial charge >= 0.3 is 0 Å². The van der Waals surface area contributed by atoms with Crippen molar-refractivity contribution in [3.05, 3.63) is 167 Å². The third-order valence-corrected chi connectivity index (χ3v) is 10.5. The Labute approximate surface area is 332 Å². The number of hydrogen-bond acceptors (Lipinski definition) is 8. The number of nitrogens with zero attached hydrogens (tertiary/aromatic N) is 8. The maximum atomic E-state index is 13.3. The third-order valence-electron chi connectivity index (χ3n) is 10.5. The van der Waals surface area contributed by atoms with Gasteiger partial charge in [-0.05, 0) is 122 Å². The summed E-state index contributed by atoms with van der Waals surface area (Å²) in [4.78, 5) is 44.1. The molecule has 0 saturated carbocycles. The zero-order chi connectivity index (χ0) is 39.6. The molecule has 6 heterocycles. The summed E-state index contributed by atoms with van der Waals surface area (Å²) >= 11 is 0. The number of ketones is 2. The summed E-state index contributed by atoms with van der Waals surface area (Å²) < 4.78 is 30.0. The molecule has 1 atom stereocenters. The third kappa shape index (κ3) is 7.43. The van der Waals surface area contributed by atoms with E-state index in [-0.39, 0.29) is 29.1 Å². The van der Waals surface area contributed by atoms with Gasteiger partial charge in [-0.2, -0.15) is 10.2 Å². The predicted octanol–water partition coefficient (Wildman–Crippen LogP) is 8.59. The van der Waals surface area contributed by atoms with E-state index >= 15 is 0 Å². The predicted molar refractivity (Wildman–Crippen MR) is 216 cm³/mol. The maximum absolute atomic E-state index is 13.3. The Hall–Kier alpha value is -7.08. The number of fused-ring (bicyclic) bond motifs is 4. The molecule has 0 saturated heterocycles. The molecule has 12 heteroatoms. The van der Waals surface area contributed by atoms with Crippen molar-refractivity contribution in [1.82, 2.24) is 39.5 Å². The fourth-order valence-electron chi connectivity index (χ4n) is 7.67. The van der Waals surface area contributed by atoms with E-state index in [0.29, 0.717) is 36.9 Å². The molecule has 286 valence electrons. The van der Waals surface area contributed by atoms with Gasteiger partial charge in [0.05, 0.1) is 41.1 Å². The van der Waals surface area contributed by atoms with E-state index in [0.717, 1.165) is 81.0 Å². The largest absolute Gasteiger partial charge is 0.299 e. The maximum Gasteiger partial charge on any atom is 0.163 e. The van der Waals surface area contributed by atoms with Crippen molar-refractivity contribution in [3.8, 4) is 11.4 Å². The molecule has 8 aromatic rings. The van der Waals surface area contributed by atoms with Gasteiger partial charge in [0.2, 0.25) is 0 Å². The van der Waals surface area contributed by atoms with Crippen LogP contribution >= 0.6 is 0 Å². The minimum absolute atomic E-state index is 0.0986. The van der Waals surface area contributed by atoms with Crippen LogP contribution in [0.5, 0.6) is 0 Å². The molecule has 0 fully saturated rings. The highest BCUT2D eigenvalue weighted by Gasteiger charge is 2.29. The van der Waals surface area contributed by atoms with Crippen LogP contribution in [0.2, 0.25) is 0 Å². The van der Waals surface area contributed by atoms with Gasteiger partial charge in [-0.15, -0.1) is 0 Å². The van der Waals surface area contributed by atoms with Gasteiger partial charge in [-0.1, -0.05) is 12.1 Å². The second-order valence-electron chi connectivity index (χ2n) is 14.4. The molecule has 0 amide bonds. The minimum Gasteiger partial charge on any atom is -0.299 e. The molecule has 10 rings (SSSR count). The number of Topliss-reactive ketones (excluding diaryl/α,β-unsaturated/α-hetero) is 2. The summed E-state index contributed by atoms with van der Waals surface area (Å²) in [6.07, 6.45) is 13.4.